The summed E-state index contributed by atoms with van der Waals surface area (Å²) in [5.74, 6) is 0.163. The Morgan fingerprint density at radius 2 is 2.00 bits per heavy atom. The molecule has 2 aromatic rings. The highest BCUT2D eigenvalue weighted by Gasteiger charge is 2.28. The number of rotatable bonds is 5. The minimum atomic E-state index is -0.775. The van der Waals surface area contributed by atoms with Crippen molar-refractivity contribution in [2.75, 3.05) is 6.61 Å². The molecule has 140 valence electrons. The fraction of sp³-hybridized carbons (Fsp3) is 0.200. The molecule has 3 rings (SSSR count). The first-order chi connectivity index (χ1) is 12.9. The van der Waals surface area contributed by atoms with Crippen LogP contribution in [0.5, 0.6) is 11.5 Å². The molecule has 0 saturated carbocycles. The van der Waals surface area contributed by atoms with E-state index in [0.29, 0.717) is 32.7 Å². The lowest BCUT2D eigenvalue weighted by Crippen LogP contribution is -2.26. The summed E-state index contributed by atoms with van der Waals surface area (Å²) in [6.45, 7) is 3.58. The van der Waals surface area contributed by atoms with Crippen LogP contribution < -0.4 is 9.47 Å². The number of fused-ring (bicyclic) bond motifs is 1. The van der Waals surface area contributed by atoms with Crippen molar-refractivity contribution >= 4 is 41.0 Å². The van der Waals surface area contributed by atoms with Gasteiger partial charge in [0.1, 0.15) is 11.5 Å². The van der Waals surface area contributed by atoms with Crippen LogP contribution in [0, 0.1) is 0 Å². The predicted molar refractivity (Wildman–Crippen MR) is 103 cm³/mol. The van der Waals surface area contributed by atoms with E-state index in [-0.39, 0.29) is 18.1 Å². The fourth-order valence-electron chi connectivity index (χ4n) is 2.51. The number of carbonyl (C=O) groups excluding carboxylic acids is 2. The van der Waals surface area contributed by atoms with Gasteiger partial charge in [-0.25, -0.2) is 4.79 Å². The Kier molecular flexibility index (Phi) is 5.73. The summed E-state index contributed by atoms with van der Waals surface area (Å²) in [4.78, 5) is 24.2. The van der Waals surface area contributed by atoms with Crippen molar-refractivity contribution in [2.24, 2.45) is 0 Å². The number of halogens is 2. The number of hydrogen-bond acceptors (Lipinski definition) is 5. The van der Waals surface area contributed by atoms with Gasteiger partial charge in [-0.05, 0) is 49.8 Å². The SMILES string of the molecule is CCOC(=O)[C@H](C)Oc1ccc2c(c1)OC(=Cc1ccc(Cl)cc1Cl)C2=O. The van der Waals surface area contributed by atoms with Gasteiger partial charge in [0.2, 0.25) is 5.78 Å². The molecule has 0 N–H and O–H groups in total. The Labute approximate surface area is 166 Å². The van der Waals surface area contributed by atoms with Crippen LogP contribution in [0.2, 0.25) is 10.0 Å². The van der Waals surface area contributed by atoms with Crippen molar-refractivity contribution < 1.29 is 23.8 Å². The van der Waals surface area contributed by atoms with Gasteiger partial charge in [-0.2, -0.15) is 0 Å². The van der Waals surface area contributed by atoms with E-state index < -0.39 is 12.1 Å². The minimum absolute atomic E-state index is 0.143. The Balaban J connectivity index is 1.81. The Morgan fingerprint density at radius 1 is 1.22 bits per heavy atom. The third-order valence-corrected chi connectivity index (χ3v) is 4.38. The molecule has 0 radical (unpaired) electrons. The molecule has 7 heteroatoms. The molecule has 0 aromatic heterocycles. The summed E-state index contributed by atoms with van der Waals surface area (Å²) in [6, 6.07) is 9.73. The fourth-order valence-corrected chi connectivity index (χ4v) is 2.98. The molecule has 1 heterocycles. The first kappa shape index (κ1) is 19.3. The van der Waals surface area contributed by atoms with Crippen molar-refractivity contribution in [1.29, 1.82) is 0 Å². The molecule has 0 bridgehead atoms. The Morgan fingerprint density at radius 3 is 2.70 bits per heavy atom. The van der Waals surface area contributed by atoms with Gasteiger partial charge in [0.25, 0.3) is 0 Å². The molecule has 27 heavy (non-hydrogen) atoms. The smallest absolute Gasteiger partial charge is 0.347 e. The lowest BCUT2D eigenvalue weighted by molar-refractivity contribution is -0.150. The highest BCUT2D eigenvalue weighted by molar-refractivity contribution is 6.35. The molecule has 5 nitrogen and oxygen atoms in total. The van der Waals surface area contributed by atoms with Gasteiger partial charge >= 0.3 is 5.97 Å². The predicted octanol–water partition coefficient (Wildman–Crippen LogP) is 4.94. The number of hydrogen-bond donors (Lipinski definition) is 0. The van der Waals surface area contributed by atoms with Crippen LogP contribution in [-0.4, -0.2) is 24.5 Å². The standard InChI is InChI=1S/C20H16Cl2O5/c1-3-25-20(24)11(2)26-14-6-7-15-17(10-14)27-18(19(15)23)8-12-4-5-13(21)9-16(12)22/h4-11H,3H2,1-2H3/t11-/m0/s1. The normalized spacial score (nSPS) is 15.3. The molecule has 1 atom stereocenters. The van der Waals surface area contributed by atoms with Crippen LogP contribution in [0.1, 0.15) is 29.8 Å². The first-order valence-corrected chi connectivity index (χ1v) is 9.01. The van der Waals surface area contributed by atoms with Crippen LogP contribution in [-0.2, 0) is 9.53 Å². The summed E-state index contributed by atoms with van der Waals surface area (Å²) in [7, 11) is 0. The third-order valence-electron chi connectivity index (χ3n) is 3.82. The van der Waals surface area contributed by atoms with Crippen molar-refractivity contribution in [1.82, 2.24) is 0 Å². The van der Waals surface area contributed by atoms with E-state index in [4.69, 9.17) is 37.4 Å². The summed E-state index contributed by atoms with van der Waals surface area (Å²) < 4.78 is 16.1. The number of ketones is 1. The van der Waals surface area contributed by atoms with Crippen molar-refractivity contribution in [3.63, 3.8) is 0 Å². The third kappa shape index (κ3) is 4.26. The summed E-state index contributed by atoms with van der Waals surface area (Å²) >= 11 is 12.0. The largest absolute Gasteiger partial charge is 0.479 e. The van der Waals surface area contributed by atoms with E-state index in [1.807, 2.05) is 0 Å². The topological polar surface area (TPSA) is 61.8 Å². The lowest BCUT2D eigenvalue weighted by Gasteiger charge is -2.13. The molecule has 2 aromatic carbocycles. The van der Waals surface area contributed by atoms with E-state index in [1.165, 1.54) is 0 Å². The summed E-state index contributed by atoms with van der Waals surface area (Å²) in [6.07, 6.45) is 0.783. The molecular formula is C20H16Cl2O5. The first-order valence-electron chi connectivity index (χ1n) is 8.25. The van der Waals surface area contributed by atoms with Crippen molar-refractivity contribution in [2.45, 2.75) is 20.0 Å². The van der Waals surface area contributed by atoms with Crippen LogP contribution in [0.3, 0.4) is 0 Å². The number of allylic oxidation sites excluding steroid dienone is 1. The maximum absolute atomic E-state index is 12.5. The summed E-state index contributed by atoms with van der Waals surface area (Å²) in [5, 5.41) is 0.913. The molecule has 1 aliphatic heterocycles. The average Bonchev–Trinajstić information content (AvgIpc) is 2.93. The van der Waals surface area contributed by atoms with Crippen LogP contribution in [0.4, 0.5) is 0 Å². The molecule has 0 unspecified atom stereocenters. The van der Waals surface area contributed by atoms with Gasteiger partial charge in [0.05, 0.1) is 12.2 Å². The lowest BCUT2D eigenvalue weighted by atomic mass is 10.1. The Hall–Kier alpha value is -2.50. The number of Topliss-reactive ketones (excluding diaryl/α,β-unsaturated/α-hetero) is 1. The van der Waals surface area contributed by atoms with Crippen molar-refractivity contribution in [3.8, 4) is 11.5 Å². The highest BCUT2D eigenvalue weighted by Crippen LogP contribution is 2.36. The molecule has 0 spiro atoms. The zero-order valence-electron chi connectivity index (χ0n) is 14.6. The number of carbonyl (C=O) groups is 2. The molecule has 0 amide bonds. The second-order valence-electron chi connectivity index (χ2n) is 5.78. The average molecular weight is 407 g/mol. The maximum atomic E-state index is 12.5. The van der Waals surface area contributed by atoms with Crippen LogP contribution >= 0.6 is 23.2 Å². The van der Waals surface area contributed by atoms with E-state index in [0.717, 1.165) is 0 Å². The van der Waals surface area contributed by atoms with E-state index >= 15 is 0 Å². The van der Waals surface area contributed by atoms with Gasteiger partial charge in [-0.1, -0.05) is 29.3 Å². The van der Waals surface area contributed by atoms with E-state index in [9.17, 15) is 9.59 Å². The van der Waals surface area contributed by atoms with Crippen molar-refractivity contribution in [3.05, 3.63) is 63.3 Å². The van der Waals surface area contributed by atoms with Gasteiger partial charge in [0.15, 0.2) is 11.9 Å². The van der Waals surface area contributed by atoms with Gasteiger partial charge < -0.3 is 14.2 Å². The second kappa shape index (κ2) is 8.03. The zero-order valence-corrected chi connectivity index (χ0v) is 16.1. The van der Waals surface area contributed by atoms with Gasteiger partial charge in [-0.15, -0.1) is 0 Å². The van der Waals surface area contributed by atoms with Gasteiger partial charge in [0, 0.05) is 16.1 Å². The van der Waals surface area contributed by atoms with Crippen LogP contribution in [0.15, 0.2) is 42.2 Å². The number of ether oxygens (including phenoxy) is 3. The maximum Gasteiger partial charge on any atom is 0.347 e. The highest BCUT2D eigenvalue weighted by atomic mass is 35.5. The zero-order chi connectivity index (χ0) is 19.6. The van der Waals surface area contributed by atoms with Gasteiger partial charge in [-0.3, -0.25) is 4.79 Å². The quantitative estimate of drug-likeness (QED) is 0.519. The number of esters is 1. The second-order valence-corrected chi connectivity index (χ2v) is 6.62. The molecule has 1 aliphatic rings. The Bertz CT molecular complexity index is 936. The molecular weight excluding hydrogens is 391 g/mol. The summed E-state index contributed by atoms with van der Waals surface area (Å²) in [5.41, 5.74) is 1.02. The van der Waals surface area contributed by atoms with E-state index in [2.05, 4.69) is 0 Å². The monoisotopic (exact) mass is 406 g/mol. The molecule has 0 fully saturated rings. The minimum Gasteiger partial charge on any atom is -0.479 e. The molecule has 0 saturated heterocycles. The van der Waals surface area contributed by atoms with E-state index in [1.54, 1.807) is 56.3 Å². The molecule has 0 aliphatic carbocycles. The van der Waals surface area contributed by atoms with Crippen LogP contribution in [0.25, 0.3) is 6.08 Å². The number of benzene rings is 2.